The molecule has 0 unspecified atom stereocenters. The van der Waals surface area contributed by atoms with Crippen molar-refractivity contribution >= 4 is 11.8 Å². The van der Waals surface area contributed by atoms with Crippen LogP contribution in [0.5, 0.6) is 0 Å². The van der Waals surface area contributed by atoms with Crippen molar-refractivity contribution in [2.45, 2.75) is 44.9 Å². The average molecular weight is 363 g/mol. The van der Waals surface area contributed by atoms with Crippen molar-refractivity contribution in [2.24, 2.45) is 0 Å². The molecule has 1 aromatic heterocycles. The Kier molecular flexibility index (Phi) is 5.62. The topological polar surface area (TPSA) is 79.7 Å². The predicted molar refractivity (Wildman–Crippen MR) is 96.7 cm³/mol. The van der Waals surface area contributed by atoms with Crippen LogP contribution in [0.15, 0.2) is 6.07 Å². The monoisotopic (exact) mass is 363 g/mol. The molecule has 8 nitrogen and oxygen atoms in total. The van der Waals surface area contributed by atoms with Gasteiger partial charge in [-0.15, -0.1) is 0 Å². The average Bonchev–Trinajstić information content (AvgIpc) is 3.04. The summed E-state index contributed by atoms with van der Waals surface area (Å²) in [5.41, 5.74) is 0.585. The number of likely N-dealkylation sites (N-methyl/N-ethyl adjacent to an activating group) is 1. The van der Waals surface area contributed by atoms with Gasteiger partial charge < -0.3 is 19.9 Å². The van der Waals surface area contributed by atoms with E-state index in [1.54, 1.807) is 6.07 Å². The molecule has 1 saturated heterocycles. The SMILES string of the molecule is CN(C)CCNC(=O)c1cc2n(n1)CCN(C(=O)[C@]1(C)CCCCO1)C2. The molecule has 2 amide bonds. The van der Waals surface area contributed by atoms with Crippen molar-refractivity contribution in [1.82, 2.24) is 24.9 Å². The largest absolute Gasteiger partial charge is 0.365 e. The molecule has 1 fully saturated rings. The first-order valence-corrected chi connectivity index (χ1v) is 9.32. The van der Waals surface area contributed by atoms with E-state index >= 15 is 0 Å². The Hall–Kier alpha value is -1.93. The molecule has 2 aliphatic rings. The van der Waals surface area contributed by atoms with Crippen LogP contribution in [0.25, 0.3) is 0 Å². The molecule has 3 rings (SSSR count). The quantitative estimate of drug-likeness (QED) is 0.823. The van der Waals surface area contributed by atoms with Crippen molar-refractivity contribution in [1.29, 1.82) is 0 Å². The number of ether oxygens (including phenoxy) is 1. The molecule has 1 N–H and O–H groups in total. The van der Waals surface area contributed by atoms with Gasteiger partial charge in [0.25, 0.3) is 11.8 Å². The number of nitrogens with zero attached hydrogens (tertiary/aromatic N) is 4. The zero-order chi connectivity index (χ0) is 18.7. The van der Waals surface area contributed by atoms with Crippen LogP contribution in [0.4, 0.5) is 0 Å². The van der Waals surface area contributed by atoms with Crippen molar-refractivity contribution in [3.63, 3.8) is 0 Å². The Morgan fingerprint density at radius 1 is 1.35 bits per heavy atom. The highest BCUT2D eigenvalue weighted by atomic mass is 16.5. The van der Waals surface area contributed by atoms with Gasteiger partial charge in [0.15, 0.2) is 5.69 Å². The maximum absolute atomic E-state index is 12.9. The summed E-state index contributed by atoms with van der Waals surface area (Å²) in [5, 5.41) is 7.27. The molecular formula is C18H29N5O3. The van der Waals surface area contributed by atoms with Gasteiger partial charge in [-0.3, -0.25) is 14.3 Å². The van der Waals surface area contributed by atoms with Crippen molar-refractivity contribution < 1.29 is 14.3 Å². The summed E-state index contributed by atoms with van der Waals surface area (Å²) >= 11 is 0. The van der Waals surface area contributed by atoms with Crippen molar-refractivity contribution in [2.75, 3.05) is 40.3 Å². The van der Waals surface area contributed by atoms with Gasteiger partial charge in [0.2, 0.25) is 0 Å². The molecule has 3 heterocycles. The smallest absolute Gasteiger partial charge is 0.271 e. The number of hydrogen-bond acceptors (Lipinski definition) is 5. The maximum Gasteiger partial charge on any atom is 0.271 e. The molecule has 26 heavy (non-hydrogen) atoms. The summed E-state index contributed by atoms with van der Waals surface area (Å²) in [5.74, 6) is -0.129. The molecule has 1 atom stereocenters. The van der Waals surface area contributed by atoms with E-state index in [1.807, 2.05) is 35.5 Å². The molecule has 0 saturated carbocycles. The van der Waals surface area contributed by atoms with Gasteiger partial charge >= 0.3 is 0 Å². The first kappa shape index (κ1) is 18.8. The molecule has 0 radical (unpaired) electrons. The number of fused-ring (bicyclic) bond motifs is 1. The van der Waals surface area contributed by atoms with Crippen molar-refractivity contribution in [3.05, 3.63) is 17.5 Å². The Morgan fingerprint density at radius 3 is 2.85 bits per heavy atom. The lowest BCUT2D eigenvalue weighted by Crippen LogP contribution is -2.52. The van der Waals surface area contributed by atoms with Crippen LogP contribution in [0.1, 0.15) is 42.4 Å². The number of aromatic nitrogens is 2. The predicted octanol–water partition coefficient (Wildman–Crippen LogP) is 0.476. The van der Waals surface area contributed by atoms with Gasteiger partial charge in [-0.05, 0) is 46.3 Å². The minimum absolute atomic E-state index is 0.0432. The second-order valence-electron chi connectivity index (χ2n) is 7.57. The second kappa shape index (κ2) is 7.75. The van der Waals surface area contributed by atoms with E-state index < -0.39 is 5.60 Å². The fraction of sp³-hybridized carbons (Fsp3) is 0.722. The highest BCUT2D eigenvalue weighted by Crippen LogP contribution is 2.28. The summed E-state index contributed by atoms with van der Waals surface area (Å²) < 4.78 is 7.62. The Morgan fingerprint density at radius 2 is 2.15 bits per heavy atom. The second-order valence-corrected chi connectivity index (χ2v) is 7.57. The molecule has 8 heteroatoms. The Labute approximate surface area is 154 Å². The van der Waals surface area contributed by atoms with Crippen LogP contribution >= 0.6 is 0 Å². The minimum atomic E-state index is -0.715. The normalized spacial score (nSPS) is 23.0. The van der Waals surface area contributed by atoms with E-state index in [0.29, 0.717) is 38.5 Å². The summed E-state index contributed by atoms with van der Waals surface area (Å²) in [4.78, 5) is 29.0. The molecule has 2 aliphatic heterocycles. The number of rotatable bonds is 5. The maximum atomic E-state index is 12.9. The summed E-state index contributed by atoms with van der Waals surface area (Å²) in [6.07, 6.45) is 2.80. The molecule has 1 aromatic rings. The van der Waals surface area contributed by atoms with Crippen LogP contribution in [-0.2, 0) is 22.6 Å². The highest BCUT2D eigenvalue weighted by molar-refractivity contribution is 5.92. The third kappa shape index (κ3) is 4.07. The molecule has 144 valence electrons. The van der Waals surface area contributed by atoms with E-state index in [4.69, 9.17) is 4.74 Å². The van der Waals surface area contributed by atoms with Crippen LogP contribution in [0.2, 0.25) is 0 Å². The third-order valence-corrected chi connectivity index (χ3v) is 5.08. The number of carbonyl (C=O) groups excluding carboxylic acids is 2. The first-order valence-electron chi connectivity index (χ1n) is 9.32. The van der Waals surface area contributed by atoms with Gasteiger partial charge in [-0.25, -0.2) is 0 Å². The summed E-state index contributed by atoms with van der Waals surface area (Å²) in [6, 6.07) is 1.79. The minimum Gasteiger partial charge on any atom is -0.365 e. The van der Waals surface area contributed by atoms with Crippen molar-refractivity contribution in [3.8, 4) is 0 Å². The van der Waals surface area contributed by atoms with Gasteiger partial charge in [0, 0.05) is 26.2 Å². The number of amides is 2. The standard InChI is InChI=1S/C18H29N5O3/c1-18(6-4-5-11-26-18)17(25)22-9-10-23-14(13-22)12-15(20-23)16(24)19-7-8-21(2)3/h12H,4-11,13H2,1-3H3,(H,19,24)/t18-/m0/s1. The third-order valence-electron chi connectivity index (χ3n) is 5.08. The van der Waals surface area contributed by atoms with E-state index in [9.17, 15) is 9.59 Å². The van der Waals surface area contributed by atoms with Crippen LogP contribution in [-0.4, -0.2) is 77.3 Å². The molecule has 0 bridgehead atoms. The summed E-state index contributed by atoms with van der Waals surface area (Å²) in [6.45, 7) is 5.55. The lowest BCUT2D eigenvalue weighted by molar-refractivity contribution is -0.163. The number of hydrogen-bond donors (Lipinski definition) is 1. The zero-order valence-corrected chi connectivity index (χ0v) is 16.0. The van der Waals surface area contributed by atoms with Crippen LogP contribution in [0, 0.1) is 0 Å². The van der Waals surface area contributed by atoms with Gasteiger partial charge in [-0.2, -0.15) is 5.10 Å². The van der Waals surface area contributed by atoms with Crippen LogP contribution < -0.4 is 5.32 Å². The Bertz CT molecular complexity index is 664. The lowest BCUT2D eigenvalue weighted by atomic mass is 9.94. The van der Waals surface area contributed by atoms with E-state index in [2.05, 4.69) is 10.4 Å². The number of carbonyl (C=O) groups is 2. The Balaban J connectivity index is 1.63. The molecule has 0 aromatic carbocycles. The lowest BCUT2D eigenvalue weighted by Gasteiger charge is -2.38. The van der Waals surface area contributed by atoms with Gasteiger partial charge in [0.1, 0.15) is 5.60 Å². The van der Waals surface area contributed by atoms with Gasteiger partial charge in [-0.1, -0.05) is 0 Å². The zero-order valence-electron chi connectivity index (χ0n) is 16.0. The summed E-state index contributed by atoms with van der Waals surface area (Å²) in [7, 11) is 3.92. The van der Waals surface area contributed by atoms with E-state index in [-0.39, 0.29) is 11.8 Å². The molecular weight excluding hydrogens is 334 g/mol. The van der Waals surface area contributed by atoms with E-state index in [0.717, 1.165) is 31.5 Å². The molecule has 0 spiro atoms. The highest BCUT2D eigenvalue weighted by Gasteiger charge is 2.40. The fourth-order valence-electron chi connectivity index (χ4n) is 3.47. The first-order chi connectivity index (χ1) is 12.4. The van der Waals surface area contributed by atoms with Crippen LogP contribution in [0.3, 0.4) is 0 Å². The fourth-order valence-corrected chi connectivity index (χ4v) is 3.47. The van der Waals surface area contributed by atoms with Gasteiger partial charge in [0.05, 0.1) is 18.8 Å². The van der Waals surface area contributed by atoms with E-state index in [1.165, 1.54) is 0 Å². The molecule has 0 aliphatic carbocycles. The number of nitrogens with one attached hydrogen (secondary N) is 1.